The normalized spacial score (nSPS) is 14.3. The predicted molar refractivity (Wildman–Crippen MR) is 78.2 cm³/mol. The van der Waals surface area contributed by atoms with Gasteiger partial charge in [-0.15, -0.1) is 0 Å². The number of hydrogen-bond acceptors (Lipinski definition) is 2. The molecule has 2 unspecified atom stereocenters. The summed E-state index contributed by atoms with van der Waals surface area (Å²) in [7, 11) is 1.73. The molecular formula is C16H27NO. The van der Waals surface area contributed by atoms with Crippen molar-refractivity contribution in [1.29, 1.82) is 0 Å². The first kappa shape index (κ1) is 15.0. The molecule has 2 atom stereocenters. The number of rotatable bonds is 7. The molecule has 18 heavy (non-hydrogen) atoms. The van der Waals surface area contributed by atoms with Crippen molar-refractivity contribution in [3.8, 4) is 5.75 Å². The predicted octanol–water partition coefficient (Wildman–Crippen LogP) is 4.09. The van der Waals surface area contributed by atoms with Gasteiger partial charge in [-0.1, -0.05) is 39.3 Å². The Morgan fingerprint density at radius 3 is 2.50 bits per heavy atom. The van der Waals surface area contributed by atoms with Gasteiger partial charge in [-0.25, -0.2) is 0 Å². The highest BCUT2D eigenvalue weighted by molar-refractivity contribution is 5.37. The maximum Gasteiger partial charge on any atom is 0.121 e. The topological polar surface area (TPSA) is 21.3 Å². The van der Waals surface area contributed by atoms with Gasteiger partial charge < -0.3 is 10.1 Å². The van der Waals surface area contributed by atoms with Crippen molar-refractivity contribution < 1.29 is 4.74 Å². The number of ether oxygens (including phenoxy) is 1. The SMILES string of the molecule is CCCC(C)C(NCC)c1ccc(OC)c(C)c1. The Labute approximate surface area is 112 Å². The van der Waals surface area contributed by atoms with E-state index in [1.54, 1.807) is 7.11 Å². The summed E-state index contributed by atoms with van der Waals surface area (Å²) in [6.45, 7) is 9.86. The number of benzene rings is 1. The fraction of sp³-hybridized carbons (Fsp3) is 0.625. The Balaban J connectivity index is 2.94. The van der Waals surface area contributed by atoms with E-state index in [2.05, 4.69) is 51.2 Å². The molecule has 0 aromatic heterocycles. The molecular weight excluding hydrogens is 222 g/mol. The van der Waals surface area contributed by atoms with Gasteiger partial charge in [0.05, 0.1) is 7.11 Å². The third-order valence-electron chi connectivity index (χ3n) is 3.52. The first-order chi connectivity index (χ1) is 8.63. The largest absolute Gasteiger partial charge is 0.496 e. The van der Waals surface area contributed by atoms with Crippen molar-refractivity contribution in [1.82, 2.24) is 5.32 Å². The minimum absolute atomic E-state index is 0.444. The molecule has 2 heteroatoms. The van der Waals surface area contributed by atoms with Crippen LogP contribution in [0.15, 0.2) is 18.2 Å². The van der Waals surface area contributed by atoms with Gasteiger partial charge in [0.1, 0.15) is 5.75 Å². The Kier molecular flexibility index (Phi) is 6.20. The van der Waals surface area contributed by atoms with E-state index in [0.717, 1.165) is 12.3 Å². The van der Waals surface area contributed by atoms with Crippen LogP contribution in [0.1, 0.15) is 50.8 Å². The van der Waals surface area contributed by atoms with Crippen LogP contribution in [0, 0.1) is 12.8 Å². The Morgan fingerprint density at radius 1 is 1.28 bits per heavy atom. The molecule has 2 nitrogen and oxygen atoms in total. The molecule has 1 rings (SSSR count). The molecule has 102 valence electrons. The summed E-state index contributed by atoms with van der Waals surface area (Å²) in [4.78, 5) is 0. The maximum atomic E-state index is 5.33. The van der Waals surface area contributed by atoms with Crippen LogP contribution in [0.25, 0.3) is 0 Å². The Morgan fingerprint density at radius 2 is 2.00 bits per heavy atom. The summed E-state index contributed by atoms with van der Waals surface area (Å²) in [6, 6.07) is 6.96. The van der Waals surface area contributed by atoms with Gasteiger partial charge >= 0.3 is 0 Å². The first-order valence-electron chi connectivity index (χ1n) is 7.01. The van der Waals surface area contributed by atoms with E-state index in [4.69, 9.17) is 4.74 Å². The molecule has 0 bridgehead atoms. The number of hydrogen-bond donors (Lipinski definition) is 1. The van der Waals surface area contributed by atoms with Gasteiger partial charge in [-0.3, -0.25) is 0 Å². The van der Waals surface area contributed by atoms with Crippen molar-refractivity contribution in [3.05, 3.63) is 29.3 Å². The minimum Gasteiger partial charge on any atom is -0.496 e. The second-order valence-electron chi connectivity index (χ2n) is 5.03. The molecule has 0 saturated carbocycles. The van der Waals surface area contributed by atoms with Gasteiger partial charge in [0.15, 0.2) is 0 Å². The van der Waals surface area contributed by atoms with E-state index in [-0.39, 0.29) is 0 Å². The zero-order chi connectivity index (χ0) is 13.5. The van der Waals surface area contributed by atoms with Gasteiger partial charge in [-0.2, -0.15) is 0 Å². The lowest BCUT2D eigenvalue weighted by Crippen LogP contribution is -2.26. The van der Waals surface area contributed by atoms with Gasteiger partial charge in [0.25, 0.3) is 0 Å². The van der Waals surface area contributed by atoms with Crippen molar-refractivity contribution >= 4 is 0 Å². The monoisotopic (exact) mass is 249 g/mol. The molecule has 0 radical (unpaired) electrons. The van der Waals surface area contributed by atoms with E-state index < -0.39 is 0 Å². The highest BCUT2D eigenvalue weighted by atomic mass is 16.5. The summed E-state index contributed by atoms with van der Waals surface area (Å²) in [6.07, 6.45) is 2.49. The number of nitrogens with one attached hydrogen (secondary N) is 1. The fourth-order valence-electron chi connectivity index (χ4n) is 2.58. The lowest BCUT2D eigenvalue weighted by Gasteiger charge is -2.25. The molecule has 0 spiro atoms. The summed E-state index contributed by atoms with van der Waals surface area (Å²) in [5.74, 6) is 1.62. The van der Waals surface area contributed by atoms with Crippen LogP contribution < -0.4 is 10.1 Å². The van der Waals surface area contributed by atoms with Crippen molar-refractivity contribution in [2.75, 3.05) is 13.7 Å². The Hall–Kier alpha value is -1.02. The molecule has 0 heterocycles. The lowest BCUT2D eigenvalue weighted by atomic mass is 9.90. The highest BCUT2D eigenvalue weighted by Crippen LogP contribution is 2.29. The van der Waals surface area contributed by atoms with Crippen LogP contribution in [0.4, 0.5) is 0 Å². The van der Waals surface area contributed by atoms with Crippen LogP contribution in [0.2, 0.25) is 0 Å². The quantitative estimate of drug-likeness (QED) is 0.786. The van der Waals surface area contributed by atoms with Crippen molar-refractivity contribution in [2.24, 2.45) is 5.92 Å². The van der Waals surface area contributed by atoms with Crippen molar-refractivity contribution in [2.45, 2.75) is 46.6 Å². The zero-order valence-corrected chi connectivity index (χ0v) is 12.4. The fourth-order valence-corrected chi connectivity index (χ4v) is 2.58. The molecule has 0 amide bonds. The first-order valence-corrected chi connectivity index (χ1v) is 7.01. The van der Waals surface area contributed by atoms with Gasteiger partial charge in [0.2, 0.25) is 0 Å². The molecule has 0 aliphatic heterocycles. The molecule has 0 aliphatic rings. The standard InChI is InChI=1S/C16H27NO/c1-6-8-12(3)16(17-7-2)14-9-10-15(18-5)13(4)11-14/h9-12,16-17H,6-8H2,1-5H3. The molecule has 1 N–H and O–H groups in total. The summed E-state index contributed by atoms with van der Waals surface area (Å²) in [5.41, 5.74) is 2.58. The molecule has 1 aromatic carbocycles. The molecule has 1 aromatic rings. The second-order valence-corrected chi connectivity index (χ2v) is 5.03. The van der Waals surface area contributed by atoms with E-state index in [9.17, 15) is 0 Å². The van der Waals surface area contributed by atoms with Crippen LogP contribution in [-0.4, -0.2) is 13.7 Å². The van der Waals surface area contributed by atoms with Gasteiger partial charge in [0, 0.05) is 6.04 Å². The van der Waals surface area contributed by atoms with Crippen LogP contribution in [0.5, 0.6) is 5.75 Å². The molecule has 0 saturated heterocycles. The third-order valence-corrected chi connectivity index (χ3v) is 3.52. The summed E-state index contributed by atoms with van der Waals surface area (Å²) < 4.78 is 5.33. The highest BCUT2D eigenvalue weighted by Gasteiger charge is 2.18. The summed E-state index contributed by atoms with van der Waals surface area (Å²) in [5, 5.41) is 3.61. The summed E-state index contributed by atoms with van der Waals surface area (Å²) >= 11 is 0. The second kappa shape index (κ2) is 7.42. The maximum absolute atomic E-state index is 5.33. The zero-order valence-electron chi connectivity index (χ0n) is 12.4. The smallest absolute Gasteiger partial charge is 0.121 e. The van der Waals surface area contributed by atoms with Crippen LogP contribution >= 0.6 is 0 Å². The van der Waals surface area contributed by atoms with Crippen LogP contribution in [0.3, 0.4) is 0 Å². The number of aryl methyl sites for hydroxylation is 1. The van der Waals surface area contributed by atoms with E-state index in [1.807, 2.05) is 0 Å². The minimum atomic E-state index is 0.444. The third kappa shape index (κ3) is 3.74. The van der Waals surface area contributed by atoms with Crippen molar-refractivity contribution in [3.63, 3.8) is 0 Å². The molecule has 0 aliphatic carbocycles. The van der Waals surface area contributed by atoms with E-state index >= 15 is 0 Å². The average molecular weight is 249 g/mol. The van der Waals surface area contributed by atoms with E-state index in [0.29, 0.717) is 12.0 Å². The average Bonchev–Trinajstić information content (AvgIpc) is 2.36. The van der Waals surface area contributed by atoms with E-state index in [1.165, 1.54) is 24.0 Å². The molecule has 0 fully saturated rings. The Bertz CT molecular complexity index is 362. The lowest BCUT2D eigenvalue weighted by molar-refractivity contribution is 0.368. The van der Waals surface area contributed by atoms with Crippen LogP contribution in [-0.2, 0) is 0 Å². The van der Waals surface area contributed by atoms with Gasteiger partial charge in [-0.05, 0) is 43.0 Å². The number of methoxy groups -OCH3 is 1.